The van der Waals surface area contributed by atoms with E-state index in [1.165, 1.54) is 16.0 Å². The van der Waals surface area contributed by atoms with Gasteiger partial charge < -0.3 is 10.6 Å². The average molecular weight is 269 g/mol. The van der Waals surface area contributed by atoms with E-state index in [0.717, 1.165) is 19.3 Å². The summed E-state index contributed by atoms with van der Waals surface area (Å²) in [5, 5.41) is 5.97. The number of hydrogen-bond donors (Lipinski definition) is 2. The van der Waals surface area contributed by atoms with Gasteiger partial charge in [-0.2, -0.15) is 0 Å². The molecule has 0 radical (unpaired) electrons. The van der Waals surface area contributed by atoms with Crippen LogP contribution in [0, 0.1) is 0 Å². The largest absolute Gasteiger partial charge is 0.331 e. The number of anilines is 1. The number of carbonyl (C=O) groups excluding carboxylic acids is 2. The van der Waals surface area contributed by atoms with Gasteiger partial charge in [-0.1, -0.05) is 18.2 Å². The SMILES string of the molecule is O=C1NC2CCC(NC(=O)N1c1ccccc1)C1=C2C1. The number of nitrogens with one attached hydrogen (secondary N) is 2. The smallest absolute Gasteiger partial charge is 0.330 e. The number of carbonyl (C=O) groups is 2. The number of nitrogens with zero attached hydrogens (tertiary/aromatic N) is 1. The van der Waals surface area contributed by atoms with Crippen molar-refractivity contribution in [2.24, 2.45) is 0 Å². The van der Waals surface area contributed by atoms with Crippen molar-refractivity contribution >= 4 is 17.7 Å². The third-order valence-corrected chi connectivity index (χ3v) is 4.27. The highest BCUT2D eigenvalue weighted by Crippen LogP contribution is 2.44. The molecular weight excluding hydrogens is 254 g/mol. The van der Waals surface area contributed by atoms with Crippen molar-refractivity contribution in [2.75, 3.05) is 4.90 Å². The van der Waals surface area contributed by atoms with Crippen LogP contribution in [0.5, 0.6) is 0 Å². The zero-order chi connectivity index (χ0) is 13.7. The fourth-order valence-electron chi connectivity index (χ4n) is 3.19. The molecule has 2 heterocycles. The molecule has 2 aliphatic heterocycles. The van der Waals surface area contributed by atoms with E-state index in [9.17, 15) is 9.59 Å². The molecular formula is C15H15N3O2. The second-order valence-corrected chi connectivity index (χ2v) is 5.48. The minimum absolute atomic E-state index is 0.104. The first-order chi connectivity index (χ1) is 9.74. The summed E-state index contributed by atoms with van der Waals surface area (Å²) in [6, 6.07) is 8.54. The van der Waals surface area contributed by atoms with Crippen molar-refractivity contribution in [1.29, 1.82) is 0 Å². The Hall–Kier alpha value is -2.30. The van der Waals surface area contributed by atoms with Crippen LogP contribution in [-0.2, 0) is 0 Å². The summed E-state index contributed by atoms with van der Waals surface area (Å²) in [6.07, 6.45) is 2.76. The Morgan fingerprint density at radius 3 is 2.00 bits per heavy atom. The molecule has 5 rings (SSSR count). The summed E-state index contributed by atoms with van der Waals surface area (Å²) in [5.74, 6) is 0. The van der Waals surface area contributed by atoms with Gasteiger partial charge in [-0.25, -0.2) is 14.5 Å². The minimum Gasteiger partial charge on any atom is -0.331 e. The second-order valence-electron chi connectivity index (χ2n) is 5.48. The van der Waals surface area contributed by atoms with Crippen LogP contribution >= 0.6 is 0 Å². The average Bonchev–Trinajstić information content (AvgIpc) is 3.23. The maximum absolute atomic E-state index is 12.4. The van der Waals surface area contributed by atoms with Crippen molar-refractivity contribution in [3.05, 3.63) is 41.5 Å². The number of hydrogen-bond acceptors (Lipinski definition) is 2. The number of rotatable bonds is 1. The number of benzene rings is 1. The molecule has 0 aromatic heterocycles. The molecule has 2 N–H and O–H groups in total. The van der Waals surface area contributed by atoms with Crippen molar-refractivity contribution in [1.82, 2.24) is 10.6 Å². The summed E-state index contributed by atoms with van der Waals surface area (Å²) < 4.78 is 0. The van der Waals surface area contributed by atoms with Gasteiger partial charge in [0.1, 0.15) is 0 Å². The topological polar surface area (TPSA) is 61.4 Å². The van der Waals surface area contributed by atoms with E-state index >= 15 is 0 Å². The molecule has 5 nitrogen and oxygen atoms in total. The van der Waals surface area contributed by atoms with Crippen LogP contribution in [0.1, 0.15) is 19.3 Å². The first-order valence-electron chi connectivity index (χ1n) is 6.92. The quantitative estimate of drug-likeness (QED) is 0.767. The Kier molecular flexibility index (Phi) is 2.36. The van der Waals surface area contributed by atoms with Gasteiger partial charge in [0.05, 0.1) is 17.8 Å². The lowest BCUT2D eigenvalue weighted by Crippen LogP contribution is -2.50. The fraction of sp³-hybridized carbons (Fsp3) is 0.333. The monoisotopic (exact) mass is 269 g/mol. The molecule has 4 aliphatic rings. The Labute approximate surface area is 116 Å². The van der Waals surface area contributed by atoms with Gasteiger partial charge in [-0.05, 0) is 42.5 Å². The maximum atomic E-state index is 12.4. The predicted molar refractivity (Wildman–Crippen MR) is 74.4 cm³/mol. The highest BCUT2D eigenvalue weighted by molar-refractivity contribution is 6.14. The van der Waals surface area contributed by atoms with Gasteiger partial charge in [0.25, 0.3) is 0 Å². The van der Waals surface area contributed by atoms with Gasteiger partial charge >= 0.3 is 12.1 Å². The van der Waals surface area contributed by atoms with E-state index in [1.807, 2.05) is 18.2 Å². The van der Waals surface area contributed by atoms with E-state index in [0.29, 0.717) is 5.69 Å². The van der Waals surface area contributed by atoms with E-state index in [-0.39, 0.29) is 24.1 Å². The number of urea groups is 2. The van der Waals surface area contributed by atoms with E-state index in [2.05, 4.69) is 10.6 Å². The zero-order valence-corrected chi connectivity index (χ0v) is 10.9. The molecule has 2 bridgehead atoms. The predicted octanol–water partition coefficient (Wildman–Crippen LogP) is 2.16. The molecule has 2 unspecified atom stereocenters. The number of fused-ring (bicyclic) bond motifs is 5. The Bertz CT molecular complexity index is 589. The van der Waals surface area contributed by atoms with E-state index in [4.69, 9.17) is 0 Å². The second kappa shape index (κ2) is 4.10. The van der Waals surface area contributed by atoms with Crippen LogP contribution in [0.2, 0.25) is 0 Å². The van der Waals surface area contributed by atoms with Crippen LogP contribution in [-0.4, -0.2) is 24.1 Å². The van der Waals surface area contributed by atoms with Gasteiger partial charge in [-0.15, -0.1) is 0 Å². The molecule has 2 aliphatic carbocycles. The first-order valence-corrected chi connectivity index (χ1v) is 6.92. The normalized spacial score (nSPS) is 28.1. The highest BCUT2D eigenvalue weighted by atomic mass is 16.2. The standard InChI is InChI=1S/C15H15N3O2/c19-14-16-12-6-7-13(11-8-10(11)12)17-15(20)18(14)9-4-2-1-3-5-9/h1-5,12-13H,6-8H2,(H,16,19)(H,17,20). The minimum atomic E-state index is -0.347. The molecule has 1 aromatic carbocycles. The van der Waals surface area contributed by atoms with Crippen molar-refractivity contribution < 1.29 is 9.59 Å². The lowest BCUT2D eigenvalue weighted by atomic mass is 9.99. The third kappa shape index (κ3) is 1.70. The van der Waals surface area contributed by atoms with Crippen LogP contribution in [0.25, 0.3) is 0 Å². The Morgan fingerprint density at radius 2 is 1.45 bits per heavy atom. The van der Waals surface area contributed by atoms with Crippen LogP contribution in [0.3, 0.4) is 0 Å². The Morgan fingerprint density at radius 1 is 0.900 bits per heavy atom. The molecule has 0 spiro atoms. The maximum Gasteiger partial charge on any atom is 0.330 e. The zero-order valence-electron chi connectivity index (χ0n) is 10.9. The molecule has 20 heavy (non-hydrogen) atoms. The van der Waals surface area contributed by atoms with Crippen molar-refractivity contribution in [2.45, 2.75) is 31.3 Å². The Balaban J connectivity index is 1.71. The van der Waals surface area contributed by atoms with Gasteiger partial charge in [-0.3, -0.25) is 0 Å². The first kappa shape index (κ1) is 11.5. The highest BCUT2D eigenvalue weighted by Gasteiger charge is 2.43. The summed E-state index contributed by atoms with van der Waals surface area (Å²) in [7, 11) is 0. The van der Waals surface area contributed by atoms with Crippen LogP contribution in [0.15, 0.2) is 41.5 Å². The molecule has 5 heteroatoms. The summed E-state index contributed by atoms with van der Waals surface area (Å²) in [6.45, 7) is 0. The summed E-state index contributed by atoms with van der Waals surface area (Å²) in [4.78, 5) is 26.0. The number of imide groups is 1. The van der Waals surface area contributed by atoms with Crippen LogP contribution < -0.4 is 15.5 Å². The van der Waals surface area contributed by atoms with Gasteiger partial charge in [0, 0.05) is 0 Å². The molecule has 1 aromatic rings. The lowest BCUT2D eigenvalue weighted by Gasteiger charge is -2.22. The fourth-order valence-corrected chi connectivity index (χ4v) is 3.19. The molecule has 4 amide bonds. The summed E-state index contributed by atoms with van der Waals surface area (Å²) in [5.41, 5.74) is 3.21. The molecule has 2 atom stereocenters. The third-order valence-electron chi connectivity index (χ3n) is 4.27. The molecule has 0 saturated carbocycles. The van der Waals surface area contributed by atoms with E-state index < -0.39 is 0 Å². The van der Waals surface area contributed by atoms with Crippen molar-refractivity contribution in [3.63, 3.8) is 0 Å². The summed E-state index contributed by atoms with van der Waals surface area (Å²) >= 11 is 0. The van der Waals surface area contributed by atoms with Gasteiger partial charge in [0.15, 0.2) is 0 Å². The van der Waals surface area contributed by atoms with Crippen LogP contribution in [0.4, 0.5) is 15.3 Å². The van der Waals surface area contributed by atoms with Gasteiger partial charge in [0.2, 0.25) is 0 Å². The lowest BCUT2D eigenvalue weighted by molar-refractivity contribution is 0.234. The number of para-hydroxylation sites is 1. The molecule has 102 valence electrons. The van der Waals surface area contributed by atoms with E-state index in [1.54, 1.807) is 12.1 Å². The molecule has 1 saturated heterocycles. The van der Waals surface area contributed by atoms with Crippen molar-refractivity contribution in [3.8, 4) is 0 Å². The number of amides is 4. The molecule has 1 fully saturated rings.